The molecule has 1 fully saturated rings. The summed E-state index contributed by atoms with van der Waals surface area (Å²) in [7, 11) is 1.90. The first-order valence-electron chi connectivity index (χ1n) is 7.06. The van der Waals surface area contributed by atoms with Crippen molar-refractivity contribution in [3.8, 4) is 0 Å². The minimum absolute atomic E-state index is 0.158. The van der Waals surface area contributed by atoms with Gasteiger partial charge in [-0.1, -0.05) is 30.3 Å². The number of carbonyl (C=O) groups excluding carboxylic acids is 1. The molecule has 2 atom stereocenters. The maximum Gasteiger partial charge on any atom is 0.229 e. The van der Waals surface area contributed by atoms with Gasteiger partial charge in [-0.05, 0) is 18.9 Å². The molecule has 0 bridgehead atoms. The third-order valence-electron chi connectivity index (χ3n) is 4.28. The number of imidazole rings is 1. The van der Waals surface area contributed by atoms with Crippen LogP contribution in [0.4, 0.5) is 0 Å². The number of aryl methyl sites for hydroxylation is 1. The zero-order valence-electron chi connectivity index (χ0n) is 12.4. The summed E-state index contributed by atoms with van der Waals surface area (Å²) in [5.74, 6) is 0.605. The highest BCUT2D eigenvalue weighted by Gasteiger charge is 2.68. The van der Waals surface area contributed by atoms with Gasteiger partial charge in [0, 0.05) is 19.4 Å². The van der Waals surface area contributed by atoms with E-state index in [0.29, 0.717) is 6.42 Å². The first kappa shape index (κ1) is 15.4. The molecule has 2 unspecified atom stereocenters. The van der Waals surface area contributed by atoms with Crippen molar-refractivity contribution >= 4 is 29.1 Å². The fraction of sp³-hybridized carbons (Fsp3) is 0.375. The van der Waals surface area contributed by atoms with Crippen LogP contribution < -0.4 is 5.32 Å². The van der Waals surface area contributed by atoms with Crippen LogP contribution in [0.2, 0.25) is 0 Å². The number of nitrogens with one attached hydrogen (secondary N) is 1. The van der Waals surface area contributed by atoms with Gasteiger partial charge in [0.25, 0.3) is 0 Å². The monoisotopic (exact) mass is 337 g/mol. The van der Waals surface area contributed by atoms with Gasteiger partial charge in [-0.2, -0.15) is 0 Å². The number of amides is 1. The molecular weight excluding hydrogens is 321 g/mol. The smallest absolute Gasteiger partial charge is 0.229 e. The summed E-state index contributed by atoms with van der Waals surface area (Å²) in [4.78, 5) is 17.0. The molecule has 1 heterocycles. The summed E-state index contributed by atoms with van der Waals surface area (Å²) >= 11 is 12.2. The molecule has 0 radical (unpaired) electrons. The quantitative estimate of drug-likeness (QED) is 0.870. The third kappa shape index (κ3) is 2.50. The highest BCUT2D eigenvalue weighted by Crippen LogP contribution is 2.64. The van der Waals surface area contributed by atoms with Crippen molar-refractivity contribution in [3.05, 3.63) is 54.1 Å². The SMILES string of the molecule is Cn1ccnc1C(NC(=O)C1(C)CC1(Cl)Cl)c1ccccc1. The minimum atomic E-state index is -0.986. The summed E-state index contributed by atoms with van der Waals surface area (Å²) in [6.45, 7) is 1.78. The van der Waals surface area contributed by atoms with E-state index in [1.54, 1.807) is 13.1 Å². The van der Waals surface area contributed by atoms with Gasteiger partial charge in [0.15, 0.2) is 0 Å². The van der Waals surface area contributed by atoms with Crippen molar-refractivity contribution in [1.29, 1.82) is 0 Å². The van der Waals surface area contributed by atoms with Crippen LogP contribution in [-0.4, -0.2) is 19.8 Å². The van der Waals surface area contributed by atoms with E-state index < -0.39 is 9.75 Å². The zero-order valence-corrected chi connectivity index (χ0v) is 13.9. The van der Waals surface area contributed by atoms with Crippen LogP contribution in [0.25, 0.3) is 0 Å². The topological polar surface area (TPSA) is 46.9 Å². The molecule has 1 saturated carbocycles. The van der Waals surface area contributed by atoms with Crippen LogP contribution in [0.1, 0.15) is 30.8 Å². The Morgan fingerprint density at radius 2 is 2.00 bits per heavy atom. The van der Waals surface area contributed by atoms with Crippen LogP contribution in [0.15, 0.2) is 42.7 Å². The Morgan fingerprint density at radius 1 is 1.36 bits per heavy atom. The molecule has 1 aliphatic carbocycles. The lowest BCUT2D eigenvalue weighted by Gasteiger charge is -2.22. The molecule has 0 spiro atoms. The molecule has 0 saturated heterocycles. The Labute approximate surface area is 139 Å². The van der Waals surface area contributed by atoms with E-state index in [1.807, 2.05) is 48.1 Å². The predicted octanol–water partition coefficient (Wildman–Crippen LogP) is 3.21. The Kier molecular flexibility index (Phi) is 3.69. The van der Waals surface area contributed by atoms with E-state index in [0.717, 1.165) is 11.4 Å². The lowest BCUT2D eigenvalue weighted by atomic mass is 10.0. The van der Waals surface area contributed by atoms with Crippen molar-refractivity contribution in [3.63, 3.8) is 0 Å². The summed E-state index contributed by atoms with van der Waals surface area (Å²) in [6.07, 6.45) is 4.02. The van der Waals surface area contributed by atoms with E-state index in [9.17, 15) is 4.79 Å². The maximum atomic E-state index is 12.6. The highest BCUT2D eigenvalue weighted by molar-refractivity contribution is 6.53. The van der Waals surface area contributed by atoms with Crippen LogP contribution in [0.5, 0.6) is 0 Å². The molecular formula is C16H17Cl2N3O. The molecule has 1 aromatic heterocycles. The first-order chi connectivity index (χ1) is 10.3. The average Bonchev–Trinajstić information content (AvgIpc) is 2.82. The van der Waals surface area contributed by atoms with Gasteiger partial charge in [-0.25, -0.2) is 4.98 Å². The average molecular weight is 338 g/mol. The minimum Gasteiger partial charge on any atom is -0.342 e. The van der Waals surface area contributed by atoms with E-state index >= 15 is 0 Å². The molecule has 0 aliphatic heterocycles. The number of benzene rings is 1. The summed E-state index contributed by atoms with van der Waals surface area (Å²) < 4.78 is 0.905. The van der Waals surface area contributed by atoms with Gasteiger partial charge < -0.3 is 9.88 Å². The number of nitrogens with zero attached hydrogens (tertiary/aromatic N) is 2. The number of rotatable bonds is 4. The van der Waals surface area contributed by atoms with Crippen LogP contribution in [0, 0.1) is 5.41 Å². The van der Waals surface area contributed by atoms with Crippen molar-refractivity contribution < 1.29 is 4.79 Å². The number of hydrogen-bond acceptors (Lipinski definition) is 2. The Morgan fingerprint density at radius 3 is 2.50 bits per heavy atom. The second-order valence-electron chi connectivity index (χ2n) is 5.93. The molecule has 6 heteroatoms. The molecule has 1 amide bonds. The normalized spacial score (nSPS) is 23.8. The number of hydrogen-bond donors (Lipinski definition) is 1. The lowest BCUT2D eigenvalue weighted by Crippen LogP contribution is -2.37. The lowest BCUT2D eigenvalue weighted by molar-refractivity contribution is -0.126. The standard InChI is InChI=1S/C16H17Cl2N3O/c1-15(10-16(15,17)18)14(22)20-12(11-6-4-3-5-7-11)13-19-8-9-21(13)2/h3-9,12H,10H2,1-2H3,(H,20,22). The van der Waals surface area contributed by atoms with Crippen molar-refractivity contribution in [2.45, 2.75) is 23.7 Å². The molecule has 22 heavy (non-hydrogen) atoms. The summed E-state index contributed by atoms with van der Waals surface area (Å²) in [5.41, 5.74) is 0.207. The Bertz CT molecular complexity index is 698. The van der Waals surface area contributed by atoms with Gasteiger partial charge in [0.05, 0.1) is 5.41 Å². The van der Waals surface area contributed by atoms with Gasteiger partial charge in [0.2, 0.25) is 5.91 Å². The first-order valence-corrected chi connectivity index (χ1v) is 7.82. The molecule has 116 valence electrons. The zero-order chi connectivity index (χ0) is 16.0. The van der Waals surface area contributed by atoms with Gasteiger partial charge in [-0.15, -0.1) is 23.2 Å². The predicted molar refractivity (Wildman–Crippen MR) is 86.8 cm³/mol. The second kappa shape index (κ2) is 5.28. The van der Waals surface area contributed by atoms with Gasteiger partial charge in [-0.3, -0.25) is 4.79 Å². The van der Waals surface area contributed by atoms with E-state index in [1.165, 1.54) is 0 Å². The summed E-state index contributed by atoms with van der Waals surface area (Å²) in [5, 5.41) is 3.04. The van der Waals surface area contributed by atoms with Crippen molar-refractivity contribution in [2.75, 3.05) is 0 Å². The molecule has 2 aromatic rings. The molecule has 1 aromatic carbocycles. The largest absolute Gasteiger partial charge is 0.342 e. The number of alkyl halides is 2. The van der Waals surface area contributed by atoms with Crippen LogP contribution in [-0.2, 0) is 11.8 Å². The number of aromatic nitrogens is 2. The third-order valence-corrected chi connectivity index (χ3v) is 5.39. The van der Waals surface area contributed by atoms with E-state index in [-0.39, 0.29) is 11.9 Å². The van der Waals surface area contributed by atoms with Crippen molar-refractivity contribution in [1.82, 2.24) is 14.9 Å². The highest BCUT2D eigenvalue weighted by atomic mass is 35.5. The fourth-order valence-electron chi connectivity index (χ4n) is 2.53. The summed E-state index contributed by atoms with van der Waals surface area (Å²) in [6, 6.07) is 9.39. The van der Waals surface area contributed by atoms with E-state index in [2.05, 4.69) is 10.3 Å². The molecule has 4 nitrogen and oxygen atoms in total. The Balaban J connectivity index is 1.91. The molecule has 1 aliphatic rings. The van der Waals surface area contributed by atoms with Crippen molar-refractivity contribution in [2.24, 2.45) is 12.5 Å². The van der Waals surface area contributed by atoms with Crippen LogP contribution >= 0.6 is 23.2 Å². The molecule has 1 N–H and O–H groups in total. The fourth-order valence-corrected chi connectivity index (χ4v) is 3.24. The van der Waals surface area contributed by atoms with Gasteiger partial charge >= 0.3 is 0 Å². The van der Waals surface area contributed by atoms with E-state index in [4.69, 9.17) is 23.2 Å². The Hall–Kier alpha value is -1.52. The second-order valence-corrected chi connectivity index (χ2v) is 7.41. The maximum absolute atomic E-state index is 12.6. The van der Waals surface area contributed by atoms with Crippen LogP contribution in [0.3, 0.4) is 0 Å². The molecule has 3 rings (SSSR count). The number of halogens is 2. The van der Waals surface area contributed by atoms with Gasteiger partial charge in [0.1, 0.15) is 16.2 Å². The number of carbonyl (C=O) groups is 1.